The van der Waals surface area contributed by atoms with Crippen LogP contribution in [0.1, 0.15) is 16.8 Å². The Labute approximate surface area is 195 Å². The number of methoxy groups -OCH3 is 1. The lowest BCUT2D eigenvalue weighted by Gasteiger charge is -2.04. The van der Waals surface area contributed by atoms with Gasteiger partial charge in [-0.25, -0.2) is 14.5 Å². The Balaban J connectivity index is 1.22. The molecule has 0 spiro atoms. The van der Waals surface area contributed by atoms with Crippen molar-refractivity contribution in [3.05, 3.63) is 108 Å². The quantitative estimate of drug-likeness (QED) is 0.309. The number of cyclic esters (lactones) is 1. The van der Waals surface area contributed by atoms with Crippen LogP contribution in [-0.4, -0.2) is 34.0 Å². The standard InChI is InChI=1S/C26H20N4O4/c1-32-22-13-9-21(10-14-22)30-16-20(28-29-30)17-33-23-11-7-18(8-12-23)15-24-26(31)34-25(27-24)19-5-3-2-4-6-19/h2-16H,17H2,1H3. The van der Waals surface area contributed by atoms with Gasteiger partial charge in [0.2, 0.25) is 5.90 Å². The predicted octanol–water partition coefficient (Wildman–Crippen LogP) is 4.20. The zero-order valence-electron chi connectivity index (χ0n) is 18.3. The summed E-state index contributed by atoms with van der Waals surface area (Å²) in [4.78, 5) is 16.5. The van der Waals surface area contributed by atoms with E-state index in [-0.39, 0.29) is 12.3 Å². The third-order valence-electron chi connectivity index (χ3n) is 5.09. The average molecular weight is 452 g/mol. The number of nitrogens with zero attached hydrogens (tertiary/aromatic N) is 4. The van der Waals surface area contributed by atoms with E-state index in [0.29, 0.717) is 17.3 Å². The Kier molecular flexibility index (Phi) is 5.85. The molecular weight excluding hydrogens is 432 g/mol. The molecule has 0 atom stereocenters. The molecule has 4 aromatic rings. The van der Waals surface area contributed by atoms with Crippen molar-refractivity contribution in [3.8, 4) is 17.2 Å². The number of benzene rings is 3. The molecule has 34 heavy (non-hydrogen) atoms. The molecule has 0 radical (unpaired) electrons. The van der Waals surface area contributed by atoms with Crippen molar-refractivity contribution in [1.29, 1.82) is 0 Å². The molecule has 0 fully saturated rings. The summed E-state index contributed by atoms with van der Waals surface area (Å²) in [5.74, 6) is 1.28. The highest BCUT2D eigenvalue weighted by Crippen LogP contribution is 2.21. The molecule has 2 heterocycles. The van der Waals surface area contributed by atoms with E-state index in [9.17, 15) is 4.79 Å². The summed E-state index contributed by atoms with van der Waals surface area (Å²) in [7, 11) is 1.63. The van der Waals surface area contributed by atoms with Crippen molar-refractivity contribution in [2.24, 2.45) is 4.99 Å². The first-order valence-corrected chi connectivity index (χ1v) is 10.5. The van der Waals surface area contributed by atoms with Gasteiger partial charge >= 0.3 is 5.97 Å². The van der Waals surface area contributed by atoms with Gasteiger partial charge in [-0.05, 0) is 60.2 Å². The van der Waals surface area contributed by atoms with Gasteiger partial charge < -0.3 is 14.2 Å². The predicted molar refractivity (Wildman–Crippen MR) is 126 cm³/mol. The van der Waals surface area contributed by atoms with E-state index in [1.165, 1.54) is 0 Å². The zero-order valence-corrected chi connectivity index (χ0v) is 18.3. The van der Waals surface area contributed by atoms with Crippen molar-refractivity contribution < 1.29 is 19.0 Å². The van der Waals surface area contributed by atoms with E-state index in [4.69, 9.17) is 14.2 Å². The molecule has 1 aromatic heterocycles. The zero-order chi connectivity index (χ0) is 23.3. The molecule has 1 aliphatic heterocycles. The van der Waals surface area contributed by atoms with Gasteiger partial charge in [0.15, 0.2) is 5.70 Å². The summed E-state index contributed by atoms with van der Waals surface area (Å²) in [5, 5.41) is 8.30. The Bertz CT molecular complexity index is 1360. The lowest BCUT2D eigenvalue weighted by atomic mass is 10.2. The fourth-order valence-corrected chi connectivity index (χ4v) is 3.31. The molecule has 1 aliphatic rings. The summed E-state index contributed by atoms with van der Waals surface area (Å²) in [6.45, 7) is 0.271. The van der Waals surface area contributed by atoms with Gasteiger partial charge in [-0.3, -0.25) is 0 Å². The van der Waals surface area contributed by atoms with Crippen molar-refractivity contribution in [2.75, 3.05) is 7.11 Å². The summed E-state index contributed by atoms with van der Waals surface area (Å²) in [6.07, 6.45) is 3.50. The third kappa shape index (κ3) is 4.71. The van der Waals surface area contributed by atoms with Crippen LogP contribution in [0.25, 0.3) is 11.8 Å². The van der Waals surface area contributed by atoms with Crippen LogP contribution in [0.4, 0.5) is 0 Å². The molecule has 168 valence electrons. The Hall–Kier alpha value is -4.72. The minimum Gasteiger partial charge on any atom is -0.497 e. The van der Waals surface area contributed by atoms with Gasteiger partial charge in [0.1, 0.15) is 23.8 Å². The molecule has 5 rings (SSSR count). The van der Waals surface area contributed by atoms with Crippen LogP contribution < -0.4 is 9.47 Å². The molecule has 8 nitrogen and oxygen atoms in total. The van der Waals surface area contributed by atoms with Gasteiger partial charge in [-0.1, -0.05) is 35.5 Å². The van der Waals surface area contributed by atoms with Gasteiger partial charge in [0.05, 0.1) is 19.0 Å². The summed E-state index contributed by atoms with van der Waals surface area (Å²) < 4.78 is 18.0. The van der Waals surface area contributed by atoms with Crippen LogP contribution in [0.15, 0.2) is 95.7 Å². The van der Waals surface area contributed by atoms with Gasteiger partial charge in [0.25, 0.3) is 0 Å². The van der Waals surface area contributed by atoms with E-state index < -0.39 is 5.97 Å². The Morgan fingerprint density at radius 3 is 2.41 bits per heavy atom. The number of hydrogen-bond donors (Lipinski definition) is 0. The maximum Gasteiger partial charge on any atom is 0.363 e. The van der Waals surface area contributed by atoms with E-state index in [1.807, 2.05) is 85.1 Å². The second-order valence-electron chi connectivity index (χ2n) is 7.41. The largest absolute Gasteiger partial charge is 0.497 e. The van der Waals surface area contributed by atoms with Gasteiger partial charge in [-0.15, -0.1) is 5.10 Å². The molecule has 0 unspecified atom stereocenters. The van der Waals surface area contributed by atoms with Crippen molar-refractivity contribution >= 4 is 17.9 Å². The van der Waals surface area contributed by atoms with Crippen LogP contribution in [0.5, 0.6) is 11.5 Å². The van der Waals surface area contributed by atoms with Crippen LogP contribution in [-0.2, 0) is 16.1 Å². The lowest BCUT2D eigenvalue weighted by molar-refractivity contribution is -0.129. The average Bonchev–Trinajstić information content (AvgIpc) is 3.51. The fourth-order valence-electron chi connectivity index (χ4n) is 3.31. The molecular formula is C26H20N4O4. The molecule has 3 aromatic carbocycles. The number of aromatic nitrogens is 3. The van der Waals surface area contributed by atoms with Gasteiger partial charge in [0, 0.05) is 5.56 Å². The maximum atomic E-state index is 12.2. The molecule has 8 heteroatoms. The molecule has 0 saturated heterocycles. The number of ether oxygens (including phenoxy) is 3. The lowest BCUT2D eigenvalue weighted by Crippen LogP contribution is -2.04. The smallest absolute Gasteiger partial charge is 0.363 e. The van der Waals surface area contributed by atoms with Crippen molar-refractivity contribution in [3.63, 3.8) is 0 Å². The van der Waals surface area contributed by atoms with E-state index in [1.54, 1.807) is 17.9 Å². The van der Waals surface area contributed by atoms with Crippen LogP contribution in [0, 0.1) is 0 Å². The number of rotatable bonds is 7. The van der Waals surface area contributed by atoms with Gasteiger partial charge in [-0.2, -0.15) is 0 Å². The SMILES string of the molecule is COc1ccc(-n2cc(COc3ccc(C=C4N=C(c5ccccc5)OC4=O)cc3)nn2)cc1. The third-order valence-corrected chi connectivity index (χ3v) is 5.09. The number of carbonyl (C=O) groups is 1. The second-order valence-corrected chi connectivity index (χ2v) is 7.41. The van der Waals surface area contributed by atoms with E-state index in [2.05, 4.69) is 15.3 Å². The topological polar surface area (TPSA) is 87.8 Å². The monoisotopic (exact) mass is 452 g/mol. The first-order valence-electron chi connectivity index (χ1n) is 10.5. The number of hydrogen-bond acceptors (Lipinski definition) is 7. The minimum atomic E-state index is -0.473. The summed E-state index contributed by atoms with van der Waals surface area (Å²) in [5.41, 5.74) is 3.39. The summed E-state index contributed by atoms with van der Waals surface area (Å²) >= 11 is 0. The second kappa shape index (κ2) is 9.41. The number of aliphatic imine (C=N–C) groups is 1. The Morgan fingerprint density at radius 2 is 1.68 bits per heavy atom. The number of carbonyl (C=O) groups excluding carboxylic acids is 1. The molecule has 0 N–H and O–H groups in total. The summed E-state index contributed by atoms with van der Waals surface area (Å²) in [6, 6.07) is 24.2. The number of esters is 1. The minimum absolute atomic E-state index is 0.252. The van der Waals surface area contributed by atoms with E-state index >= 15 is 0 Å². The fraction of sp³-hybridized carbons (Fsp3) is 0.0769. The molecule has 0 aliphatic carbocycles. The molecule has 0 bridgehead atoms. The first-order chi connectivity index (χ1) is 16.7. The first kappa shape index (κ1) is 21.1. The van der Waals surface area contributed by atoms with Crippen molar-refractivity contribution in [2.45, 2.75) is 6.61 Å². The van der Waals surface area contributed by atoms with Crippen LogP contribution in [0.3, 0.4) is 0 Å². The van der Waals surface area contributed by atoms with E-state index in [0.717, 1.165) is 22.6 Å². The maximum absolute atomic E-state index is 12.2. The molecule has 0 saturated carbocycles. The van der Waals surface area contributed by atoms with Crippen LogP contribution >= 0.6 is 0 Å². The Morgan fingerprint density at radius 1 is 0.941 bits per heavy atom. The van der Waals surface area contributed by atoms with Crippen LogP contribution in [0.2, 0.25) is 0 Å². The highest BCUT2D eigenvalue weighted by molar-refractivity contribution is 6.12. The molecule has 0 amide bonds. The highest BCUT2D eigenvalue weighted by atomic mass is 16.6. The highest BCUT2D eigenvalue weighted by Gasteiger charge is 2.23. The van der Waals surface area contributed by atoms with Crippen molar-refractivity contribution in [1.82, 2.24) is 15.0 Å². The normalized spacial score (nSPS) is 14.1.